The van der Waals surface area contributed by atoms with Gasteiger partial charge >= 0.3 is 0 Å². The maximum absolute atomic E-state index is 4.77. The number of nitrogens with one attached hydrogen (secondary N) is 2. The van der Waals surface area contributed by atoms with E-state index in [4.69, 9.17) is 9.97 Å². The number of rotatable bonds is 6. The summed E-state index contributed by atoms with van der Waals surface area (Å²) < 4.78 is 0. The molecule has 0 spiro atoms. The fourth-order valence-electron chi connectivity index (χ4n) is 3.52. The van der Waals surface area contributed by atoms with E-state index in [2.05, 4.69) is 46.1 Å². The van der Waals surface area contributed by atoms with Crippen LogP contribution in [0.15, 0.2) is 59.8 Å². The molecular formula is C22H25N5S. The Bertz CT molecular complexity index is 910. The average Bonchev–Trinajstić information content (AvgIpc) is 2.75. The number of benzene rings is 1. The summed E-state index contributed by atoms with van der Waals surface area (Å²) in [5, 5.41) is 6.99. The predicted molar refractivity (Wildman–Crippen MR) is 117 cm³/mol. The lowest BCUT2D eigenvalue weighted by molar-refractivity contribution is 0.461. The maximum Gasteiger partial charge on any atom is 0.225 e. The fraction of sp³-hybridized carbons (Fsp3) is 0.318. The Kier molecular flexibility index (Phi) is 6.07. The van der Waals surface area contributed by atoms with Crippen molar-refractivity contribution in [2.24, 2.45) is 0 Å². The topological polar surface area (TPSA) is 62.7 Å². The van der Waals surface area contributed by atoms with Gasteiger partial charge in [-0.2, -0.15) is 4.98 Å². The van der Waals surface area contributed by atoms with Crippen LogP contribution in [0.2, 0.25) is 0 Å². The summed E-state index contributed by atoms with van der Waals surface area (Å²) in [6.07, 6.45) is 11.9. The van der Waals surface area contributed by atoms with E-state index >= 15 is 0 Å². The SMILES string of the molecule is CSc1cccc(Nc2cc(-c3cccnc3)nc(NC3CCCCC3)n2)c1. The van der Waals surface area contributed by atoms with Crippen molar-refractivity contribution >= 4 is 29.2 Å². The average molecular weight is 392 g/mol. The lowest BCUT2D eigenvalue weighted by atomic mass is 9.96. The third-order valence-electron chi connectivity index (χ3n) is 4.96. The second kappa shape index (κ2) is 9.06. The van der Waals surface area contributed by atoms with E-state index in [0.717, 1.165) is 22.8 Å². The van der Waals surface area contributed by atoms with Crippen LogP contribution in [0.5, 0.6) is 0 Å². The predicted octanol–water partition coefficient (Wildman–Crippen LogP) is 5.75. The minimum atomic E-state index is 0.450. The minimum Gasteiger partial charge on any atom is -0.351 e. The van der Waals surface area contributed by atoms with E-state index in [1.165, 1.54) is 37.0 Å². The summed E-state index contributed by atoms with van der Waals surface area (Å²) in [5.41, 5.74) is 2.87. The molecule has 0 unspecified atom stereocenters. The Hall–Kier alpha value is -2.60. The number of aromatic nitrogens is 3. The van der Waals surface area contributed by atoms with Crippen LogP contribution in [0, 0.1) is 0 Å². The van der Waals surface area contributed by atoms with Gasteiger partial charge in [-0.3, -0.25) is 4.98 Å². The van der Waals surface area contributed by atoms with Crippen molar-refractivity contribution < 1.29 is 0 Å². The van der Waals surface area contributed by atoms with Crippen LogP contribution in [0.4, 0.5) is 17.5 Å². The minimum absolute atomic E-state index is 0.450. The number of anilines is 3. The molecule has 2 aromatic heterocycles. The molecule has 1 aliphatic rings. The molecule has 0 aliphatic heterocycles. The van der Waals surface area contributed by atoms with Crippen LogP contribution in [-0.4, -0.2) is 27.2 Å². The van der Waals surface area contributed by atoms with Crippen molar-refractivity contribution in [1.82, 2.24) is 15.0 Å². The molecule has 2 N–H and O–H groups in total. The van der Waals surface area contributed by atoms with Crippen molar-refractivity contribution in [1.29, 1.82) is 0 Å². The third kappa shape index (κ3) is 4.81. The van der Waals surface area contributed by atoms with E-state index < -0.39 is 0 Å². The molecule has 2 heterocycles. The van der Waals surface area contributed by atoms with Gasteiger partial charge in [0.05, 0.1) is 5.69 Å². The summed E-state index contributed by atoms with van der Waals surface area (Å²) >= 11 is 1.73. The Balaban J connectivity index is 1.64. The maximum atomic E-state index is 4.77. The summed E-state index contributed by atoms with van der Waals surface area (Å²) in [5.74, 6) is 1.46. The van der Waals surface area contributed by atoms with E-state index in [1.54, 1.807) is 18.0 Å². The number of nitrogens with zero attached hydrogens (tertiary/aromatic N) is 3. The lowest BCUT2D eigenvalue weighted by Crippen LogP contribution is -2.23. The standard InChI is InChI=1S/C22H25N5S/c1-28-19-11-5-10-18(13-19)24-21-14-20(16-7-6-12-23-15-16)26-22(27-21)25-17-8-3-2-4-9-17/h5-7,10-15,17H,2-4,8-9H2,1H3,(H2,24,25,26,27). The normalized spacial score (nSPS) is 14.6. The smallest absolute Gasteiger partial charge is 0.225 e. The summed E-state index contributed by atoms with van der Waals surface area (Å²) in [4.78, 5) is 15.0. The van der Waals surface area contributed by atoms with Crippen LogP contribution in [-0.2, 0) is 0 Å². The molecule has 0 bridgehead atoms. The highest BCUT2D eigenvalue weighted by Gasteiger charge is 2.15. The van der Waals surface area contributed by atoms with Crippen LogP contribution in [0.3, 0.4) is 0 Å². The van der Waals surface area contributed by atoms with Gasteiger partial charge in [0.1, 0.15) is 5.82 Å². The largest absolute Gasteiger partial charge is 0.351 e. The monoisotopic (exact) mass is 391 g/mol. The Morgan fingerprint density at radius 2 is 1.89 bits per heavy atom. The molecule has 0 radical (unpaired) electrons. The first-order chi connectivity index (χ1) is 13.8. The Labute approximate surface area is 170 Å². The van der Waals surface area contributed by atoms with E-state index in [1.807, 2.05) is 24.4 Å². The number of hydrogen-bond donors (Lipinski definition) is 2. The zero-order valence-electron chi connectivity index (χ0n) is 16.1. The molecule has 6 heteroatoms. The molecule has 28 heavy (non-hydrogen) atoms. The van der Waals surface area contributed by atoms with E-state index in [-0.39, 0.29) is 0 Å². The van der Waals surface area contributed by atoms with Crippen molar-refractivity contribution in [3.8, 4) is 11.3 Å². The van der Waals surface area contributed by atoms with Crippen molar-refractivity contribution in [3.63, 3.8) is 0 Å². The van der Waals surface area contributed by atoms with Gasteiger partial charge in [0, 0.05) is 40.6 Å². The van der Waals surface area contributed by atoms with Crippen molar-refractivity contribution in [3.05, 3.63) is 54.9 Å². The molecule has 1 fully saturated rings. The van der Waals surface area contributed by atoms with Crippen LogP contribution in [0.1, 0.15) is 32.1 Å². The molecular weight excluding hydrogens is 366 g/mol. The van der Waals surface area contributed by atoms with Gasteiger partial charge in [-0.25, -0.2) is 4.98 Å². The van der Waals surface area contributed by atoms with E-state index in [9.17, 15) is 0 Å². The first kappa shape index (κ1) is 18.7. The number of pyridine rings is 1. The zero-order valence-corrected chi connectivity index (χ0v) is 16.9. The number of hydrogen-bond acceptors (Lipinski definition) is 6. The van der Waals surface area contributed by atoms with Crippen LogP contribution < -0.4 is 10.6 Å². The van der Waals surface area contributed by atoms with Gasteiger partial charge in [0.15, 0.2) is 0 Å². The van der Waals surface area contributed by atoms with Gasteiger partial charge in [0.2, 0.25) is 5.95 Å². The summed E-state index contributed by atoms with van der Waals surface area (Å²) in [6, 6.07) is 14.7. The molecule has 144 valence electrons. The van der Waals surface area contributed by atoms with E-state index in [0.29, 0.717) is 12.0 Å². The molecule has 0 atom stereocenters. The second-order valence-corrected chi connectivity index (χ2v) is 7.92. The Morgan fingerprint density at radius 3 is 2.68 bits per heavy atom. The highest BCUT2D eigenvalue weighted by atomic mass is 32.2. The van der Waals surface area contributed by atoms with Crippen molar-refractivity contribution in [2.75, 3.05) is 16.9 Å². The third-order valence-corrected chi connectivity index (χ3v) is 5.69. The quantitative estimate of drug-likeness (QED) is 0.522. The van der Waals surface area contributed by atoms with Crippen LogP contribution >= 0.6 is 11.8 Å². The molecule has 0 saturated heterocycles. The van der Waals surface area contributed by atoms with Gasteiger partial charge in [-0.15, -0.1) is 11.8 Å². The van der Waals surface area contributed by atoms with Crippen molar-refractivity contribution in [2.45, 2.75) is 43.0 Å². The molecule has 1 aliphatic carbocycles. The first-order valence-electron chi connectivity index (χ1n) is 9.77. The molecule has 5 nitrogen and oxygen atoms in total. The molecule has 0 amide bonds. The molecule has 1 aromatic carbocycles. The molecule has 1 saturated carbocycles. The molecule has 3 aromatic rings. The van der Waals surface area contributed by atoms with Gasteiger partial charge in [0.25, 0.3) is 0 Å². The Morgan fingerprint density at radius 1 is 1.00 bits per heavy atom. The lowest BCUT2D eigenvalue weighted by Gasteiger charge is -2.23. The number of thioether (sulfide) groups is 1. The summed E-state index contributed by atoms with van der Waals surface area (Å²) in [7, 11) is 0. The zero-order chi connectivity index (χ0) is 19.2. The summed E-state index contributed by atoms with van der Waals surface area (Å²) in [6.45, 7) is 0. The first-order valence-corrected chi connectivity index (χ1v) is 11.0. The van der Waals surface area contributed by atoms with Gasteiger partial charge in [-0.05, 0) is 49.4 Å². The van der Waals surface area contributed by atoms with Gasteiger partial charge < -0.3 is 10.6 Å². The molecule has 4 rings (SSSR count). The highest BCUT2D eigenvalue weighted by molar-refractivity contribution is 7.98. The van der Waals surface area contributed by atoms with Crippen LogP contribution in [0.25, 0.3) is 11.3 Å². The highest BCUT2D eigenvalue weighted by Crippen LogP contribution is 2.27. The van der Waals surface area contributed by atoms with Gasteiger partial charge in [-0.1, -0.05) is 25.3 Å². The fourth-order valence-corrected chi connectivity index (χ4v) is 3.98. The second-order valence-electron chi connectivity index (χ2n) is 7.04.